The lowest BCUT2D eigenvalue weighted by Crippen LogP contribution is -2.15. The van der Waals surface area contributed by atoms with Crippen molar-refractivity contribution in [3.05, 3.63) is 86.7 Å². The molecule has 0 aliphatic heterocycles. The van der Waals surface area contributed by atoms with E-state index in [1.165, 1.54) is 16.6 Å². The normalized spacial score (nSPS) is 10.8. The lowest BCUT2D eigenvalue weighted by molar-refractivity contribution is 0.0462. The molecule has 4 aromatic rings. The minimum absolute atomic E-state index is 0.0222. The Hall–Kier alpha value is -3.39. The van der Waals surface area contributed by atoms with Crippen LogP contribution in [-0.4, -0.2) is 27.7 Å². The van der Waals surface area contributed by atoms with Gasteiger partial charge in [0.15, 0.2) is 5.65 Å². The number of H-pyrrole nitrogens is 1. The van der Waals surface area contributed by atoms with Gasteiger partial charge in [-0.2, -0.15) is 0 Å². The van der Waals surface area contributed by atoms with Crippen LogP contribution in [0.1, 0.15) is 16.1 Å². The highest BCUT2D eigenvalue weighted by molar-refractivity contribution is 9.10. The number of nitrogens with zero attached hydrogens (tertiary/aromatic N) is 2. The number of aromatic nitrogens is 3. The van der Waals surface area contributed by atoms with Crippen LogP contribution < -0.4 is 10.3 Å². The molecule has 7 nitrogen and oxygen atoms in total. The second-order valence-corrected chi connectivity index (χ2v) is 7.16. The van der Waals surface area contributed by atoms with Crippen LogP contribution in [0.5, 0.6) is 5.75 Å². The molecule has 0 aliphatic carbocycles. The van der Waals surface area contributed by atoms with Gasteiger partial charge in [-0.3, -0.25) is 9.89 Å². The second-order valence-electron chi connectivity index (χ2n) is 6.24. The number of carbonyl (C=O) groups is 1. The molecule has 0 amide bonds. The fraction of sp³-hybridized carbons (Fsp3) is 0.0952. The van der Waals surface area contributed by atoms with Gasteiger partial charge in [-0.1, -0.05) is 46.3 Å². The van der Waals surface area contributed by atoms with Crippen molar-refractivity contribution < 1.29 is 14.3 Å². The summed E-state index contributed by atoms with van der Waals surface area (Å²) in [6.45, 7) is 0.0222. The molecule has 0 saturated heterocycles. The number of benzene rings is 2. The summed E-state index contributed by atoms with van der Waals surface area (Å²) in [7, 11) is 1.55. The predicted molar refractivity (Wildman–Crippen MR) is 111 cm³/mol. The first-order valence-corrected chi connectivity index (χ1v) is 9.52. The molecule has 2 aromatic heterocycles. The Balaban J connectivity index is 1.60. The molecule has 0 bridgehead atoms. The highest BCUT2D eigenvalue weighted by atomic mass is 79.9. The second kappa shape index (κ2) is 7.92. The van der Waals surface area contributed by atoms with Crippen LogP contribution in [0.2, 0.25) is 0 Å². The van der Waals surface area contributed by atoms with Crippen LogP contribution >= 0.6 is 15.9 Å². The Morgan fingerprint density at radius 1 is 1.14 bits per heavy atom. The number of esters is 1. The number of carbonyl (C=O) groups excluding carboxylic acids is 1. The van der Waals surface area contributed by atoms with Crippen LogP contribution in [0.15, 0.2) is 69.9 Å². The highest BCUT2D eigenvalue weighted by Gasteiger charge is 2.15. The molecule has 4 rings (SSSR count). The number of ether oxygens (including phenoxy) is 2. The van der Waals surface area contributed by atoms with Gasteiger partial charge < -0.3 is 9.47 Å². The highest BCUT2D eigenvalue weighted by Crippen LogP contribution is 2.24. The standard InChI is InChI=1S/C21H16BrN3O4/c1-28-18-8-7-15(22)9-14(18)12-29-21(27)17-10-19-23-16(11-20(26)25(19)24-17)13-5-3-2-4-6-13/h2-11,24H,12H2,1H3. The van der Waals surface area contributed by atoms with E-state index < -0.39 is 5.97 Å². The Morgan fingerprint density at radius 2 is 1.93 bits per heavy atom. The third kappa shape index (κ3) is 3.93. The Kier molecular flexibility index (Phi) is 5.18. The van der Waals surface area contributed by atoms with Gasteiger partial charge in [0.05, 0.1) is 12.8 Å². The van der Waals surface area contributed by atoms with Crippen molar-refractivity contribution in [2.75, 3.05) is 7.11 Å². The smallest absolute Gasteiger partial charge is 0.356 e. The van der Waals surface area contributed by atoms with Gasteiger partial charge in [-0.05, 0) is 18.2 Å². The van der Waals surface area contributed by atoms with E-state index in [-0.39, 0.29) is 17.9 Å². The minimum Gasteiger partial charge on any atom is -0.496 e. The van der Waals surface area contributed by atoms with Gasteiger partial charge in [0.25, 0.3) is 5.56 Å². The molecule has 0 fully saturated rings. The van der Waals surface area contributed by atoms with Crippen molar-refractivity contribution in [2.45, 2.75) is 6.61 Å². The Labute approximate surface area is 174 Å². The number of fused-ring (bicyclic) bond motifs is 1. The van der Waals surface area contributed by atoms with E-state index in [9.17, 15) is 9.59 Å². The number of nitrogens with one attached hydrogen (secondary N) is 1. The molecule has 2 aromatic carbocycles. The molecule has 0 spiro atoms. The molecule has 0 aliphatic rings. The molecular weight excluding hydrogens is 438 g/mol. The van der Waals surface area contributed by atoms with Gasteiger partial charge in [-0.25, -0.2) is 14.3 Å². The van der Waals surface area contributed by atoms with E-state index in [2.05, 4.69) is 26.0 Å². The third-order valence-corrected chi connectivity index (χ3v) is 4.83. The van der Waals surface area contributed by atoms with Crippen molar-refractivity contribution in [3.8, 4) is 17.0 Å². The number of methoxy groups -OCH3 is 1. The number of halogens is 1. The SMILES string of the molecule is COc1ccc(Br)cc1COC(=O)c1cc2nc(-c3ccccc3)cc(=O)n2[nH]1. The summed E-state index contributed by atoms with van der Waals surface area (Å²) in [6.07, 6.45) is 0. The minimum atomic E-state index is -0.599. The molecule has 146 valence electrons. The van der Waals surface area contributed by atoms with Crippen molar-refractivity contribution in [1.29, 1.82) is 0 Å². The molecule has 0 radical (unpaired) electrons. The summed E-state index contributed by atoms with van der Waals surface area (Å²) in [5, 5.41) is 2.75. The van der Waals surface area contributed by atoms with Gasteiger partial charge in [-0.15, -0.1) is 0 Å². The molecule has 1 N–H and O–H groups in total. The molecule has 0 atom stereocenters. The van der Waals surface area contributed by atoms with Crippen molar-refractivity contribution in [1.82, 2.24) is 14.6 Å². The number of hydrogen-bond acceptors (Lipinski definition) is 5. The van der Waals surface area contributed by atoms with Crippen molar-refractivity contribution in [2.24, 2.45) is 0 Å². The molecule has 29 heavy (non-hydrogen) atoms. The van der Waals surface area contributed by atoms with Gasteiger partial charge in [0, 0.05) is 27.7 Å². The summed E-state index contributed by atoms with van der Waals surface area (Å²) >= 11 is 3.39. The van der Waals surface area contributed by atoms with Crippen LogP contribution in [0.3, 0.4) is 0 Å². The van der Waals surface area contributed by atoms with E-state index in [0.717, 1.165) is 10.0 Å². The zero-order chi connectivity index (χ0) is 20.4. The number of hydrogen-bond donors (Lipinski definition) is 1. The average molecular weight is 454 g/mol. The Bertz CT molecular complexity index is 1250. The van der Waals surface area contributed by atoms with Crippen molar-refractivity contribution in [3.63, 3.8) is 0 Å². The van der Waals surface area contributed by atoms with E-state index in [0.29, 0.717) is 22.7 Å². The molecular formula is C21H16BrN3O4. The summed E-state index contributed by atoms with van der Waals surface area (Å²) in [5.41, 5.74) is 2.22. The summed E-state index contributed by atoms with van der Waals surface area (Å²) in [5.74, 6) is 0.0150. The molecule has 2 heterocycles. The third-order valence-electron chi connectivity index (χ3n) is 4.34. The lowest BCUT2D eigenvalue weighted by Gasteiger charge is -2.09. The lowest BCUT2D eigenvalue weighted by atomic mass is 10.1. The fourth-order valence-electron chi connectivity index (χ4n) is 2.93. The average Bonchev–Trinajstić information content (AvgIpc) is 3.18. The van der Waals surface area contributed by atoms with Crippen LogP contribution in [-0.2, 0) is 11.3 Å². The maximum Gasteiger partial charge on any atom is 0.356 e. The summed E-state index contributed by atoms with van der Waals surface area (Å²) in [4.78, 5) is 29.4. The van der Waals surface area contributed by atoms with Gasteiger partial charge >= 0.3 is 5.97 Å². The fourth-order valence-corrected chi connectivity index (χ4v) is 3.34. The molecule has 0 saturated carbocycles. The zero-order valence-corrected chi connectivity index (χ0v) is 17.0. The maximum absolute atomic E-state index is 12.5. The number of rotatable bonds is 5. The van der Waals surface area contributed by atoms with E-state index in [1.54, 1.807) is 13.2 Å². The first kappa shape index (κ1) is 18.9. The first-order chi connectivity index (χ1) is 14.0. The van der Waals surface area contributed by atoms with E-state index >= 15 is 0 Å². The largest absolute Gasteiger partial charge is 0.496 e. The molecule has 8 heteroatoms. The van der Waals surface area contributed by atoms with E-state index in [1.807, 2.05) is 42.5 Å². The quantitative estimate of drug-likeness (QED) is 0.464. The van der Waals surface area contributed by atoms with E-state index in [4.69, 9.17) is 9.47 Å². The maximum atomic E-state index is 12.5. The van der Waals surface area contributed by atoms with Gasteiger partial charge in [0.2, 0.25) is 0 Å². The summed E-state index contributed by atoms with van der Waals surface area (Å²) < 4.78 is 12.7. The topological polar surface area (TPSA) is 85.7 Å². The Morgan fingerprint density at radius 3 is 2.69 bits per heavy atom. The molecule has 0 unspecified atom stereocenters. The number of aromatic amines is 1. The zero-order valence-electron chi connectivity index (χ0n) is 15.4. The van der Waals surface area contributed by atoms with Gasteiger partial charge in [0.1, 0.15) is 18.1 Å². The summed E-state index contributed by atoms with van der Waals surface area (Å²) in [6, 6.07) is 17.7. The van der Waals surface area contributed by atoms with Crippen molar-refractivity contribution >= 4 is 27.5 Å². The first-order valence-electron chi connectivity index (χ1n) is 8.73. The predicted octanol–water partition coefficient (Wildman–Crippen LogP) is 3.82. The van der Waals surface area contributed by atoms with Crippen LogP contribution in [0, 0.1) is 0 Å². The van der Waals surface area contributed by atoms with Crippen LogP contribution in [0.25, 0.3) is 16.9 Å². The van der Waals surface area contributed by atoms with Crippen LogP contribution in [0.4, 0.5) is 0 Å². The monoisotopic (exact) mass is 453 g/mol.